The normalized spacial score (nSPS) is 16.2. The Balaban J connectivity index is 1.64. The van der Waals surface area contributed by atoms with E-state index in [1.165, 1.54) is 11.1 Å². The van der Waals surface area contributed by atoms with Gasteiger partial charge in [-0.25, -0.2) is 0 Å². The van der Waals surface area contributed by atoms with E-state index in [1.807, 2.05) is 24.3 Å². The second-order valence-corrected chi connectivity index (χ2v) is 7.12. The predicted molar refractivity (Wildman–Crippen MR) is 104 cm³/mol. The number of hydrogen-bond acceptors (Lipinski definition) is 3. The van der Waals surface area contributed by atoms with Crippen LogP contribution >= 0.6 is 11.6 Å². The van der Waals surface area contributed by atoms with E-state index in [4.69, 9.17) is 16.3 Å². The summed E-state index contributed by atoms with van der Waals surface area (Å²) in [4.78, 5) is 14.8. The van der Waals surface area contributed by atoms with Crippen LogP contribution in [0.4, 0.5) is 0 Å². The average Bonchev–Trinajstić information content (AvgIpc) is 2.66. The largest absolute Gasteiger partial charge is 0.379 e. The van der Waals surface area contributed by atoms with Gasteiger partial charge in [0.1, 0.15) is 0 Å². The highest BCUT2D eigenvalue weighted by Gasteiger charge is 2.23. The van der Waals surface area contributed by atoms with Crippen LogP contribution in [0.3, 0.4) is 0 Å². The quantitative estimate of drug-likeness (QED) is 0.845. The molecule has 1 atom stereocenters. The maximum atomic E-state index is 12.4. The van der Waals surface area contributed by atoms with Crippen LogP contribution in [-0.2, 0) is 16.0 Å². The number of nitrogens with one attached hydrogen (secondary N) is 1. The highest BCUT2D eigenvalue weighted by molar-refractivity contribution is 6.30. The molecule has 0 spiro atoms. The van der Waals surface area contributed by atoms with E-state index in [9.17, 15) is 4.79 Å². The summed E-state index contributed by atoms with van der Waals surface area (Å²) in [6, 6.07) is 16.1. The molecule has 1 fully saturated rings. The van der Waals surface area contributed by atoms with Crippen molar-refractivity contribution in [1.29, 1.82) is 0 Å². The Hall–Kier alpha value is -1.88. The molecule has 0 radical (unpaired) electrons. The number of rotatable bonds is 6. The Bertz CT molecular complexity index is 710. The third-order valence-corrected chi connectivity index (χ3v) is 4.97. The smallest absolute Gasteiger partial charge is 0.224 e. The fourth-order valence-electron chi connectivity index (χ4n) is 3.20. The summed E-state index contributed by atoms with van der Waals surface area (Å²) in [7, 11) is 0. The molecule has 1 amide bonds. The number of carbonyl (C=O) groups is 1. The first-order valence-corrected chi connectivity index (χ1v) is 9.39. The monoisotopic (exact) mass is 372 g/mol. The highest BCUT2D eigenvalue weighted by atomic mass is 35.5. The zero-order valence-corrected chi connectivity index (χ0v) is 15.8. The third-order valence-electron chi connectivity index (χ3n) is 4.72. The standard InChI is InChI=1S/C21H25ClN2O2/c1-16-2-6-18(7-3-16)20(24-10-12-26-13-11-24)15-23-21(25)14-17-4-8-19(22)9-5-17/h2-9,20H,10-15H2,1H3,(H,23,25). The van der Waals surface area contributed by atoms with E-state index in [-0.39, 0.29) is 11.9 Å². The van der Waals surface area contributed by atoms with Gasteiger partial charge in [0, 0.05) is 24.7 Å². The van der Waals surface area contributed by atoms with E-state index < -0.39 is 0 Å². The van der Waals surface area contributed by atoms with Gasteiger partial charge in [-0.1, -0.05) is 53.6 Å². The molecule has 0 aliphatic carbocycles. The summed E-state index contributed by atoms with van der Waals surface area (Å²) in [6.45, 7) is 5.91. The minimum absolute atomic E-state index is 0.0256. The lowest BCUT2D eigenvalue weighted by Gasteiger charge is -2.35. The lowest BCUT2D eigenvalue weighted by molar-refractivity contribution is -0.120. The molecule has 1 heterocycles. The van der Waals surface area contributed by atoms with Gasteiger partial charge in [0.15, 0.2) is 0 Å². The van der Waals surface area contributed by atoms with Crippen LogP contribution in [0.2, 0.25) is 5.02 Å². The number of aryl methyl sites for hydroxylation is 1. The van der Waals surface area contributed by atoms with Crippen LogP contribution in [0, 0.1) is 6.92 Å². The molecular formula is C21H25ClN2O2. The maximum Gasteiger partial charge on any atom is 0.224 e. The van der Waals surface area contributed by atoms with Crippen molar-refractivity contribution in [1.82, 2.24) is 10.2 Å². The first-order chi connectivity index (χ1) is 12.6. The summed E-state index contributed by atoms with van der Waals surface area (Å²) < 4.78 is 5.48. The molecule has 138 valence electrons. The summed E-state index contributed by atoms with van der Waals surface area (Å²) in [5.74, 6) is 0.0256. The van der Waals surface area contributed by atoms with Gasteiger partial charge < -0.3 is 10.1 Å². The van der Waals surface area contributed by atoms with Crippen LogP contribution in [0.5, 0.6) is 0 Å². The molecule has 1 N–H and O–H groups in total. The van der Waals surface area contributed by atoms with E-state index in [1.54, 1.807) is 0 Å². The minimum Gasteiger partial charge on any atom is -0.379 e. The van der Waals surface area contributed by atoms with Gasteiger partial charge in [-0.3, -0.25) is 9.69 Å². The average molecular weight is 373 g/mol. The number of nitrogens with zero attached hydrogens (tertiary/aromatic N) is 1. The fourth-order valence-corrected chi connectivity index (χ4v) is 3.32. The number of hydrogen-bond donors (Lipinski definition) is 1. The second kappa shape index (κ2) is 9.17. The molecule has 1 aliphatic heterocycles. The fraction of sp³-hybridized carbons (Fsp3) is 0.381. The van der Waals surface area contributed by atoms with Gasteiger partial charge in [0.05, 0.1) is 25.7 Å². The van der Waals surface area contributed by atoms with Crippen LogP contribution in [0.1, 0.15) is 22.7 Å². The lowest BCUT2D eigenvalue weighted by Crippen LogP contribution is -2.44. The van der Waals surface area contributed by atoms with Crippen molar-refractivity contribution in [3.8, 4) is 0 Å². The zero-order chi connectivity index (χ0) is 18.4. The van der Waals surface area contributed by atoms with Crippen LogP contribution in [0.25, 0.3) is 0 Å². The topological polar surface area (TPSA) is 41.6 Å². The number of ether oxygens (including phenoxy) is 1. The molecule has 26 heavy (non-hydrogen) atoms. The summed E-state index contributed by atoms with van der Waals surface area (Å²) in [5.41, 5.74) is 3.43. The SMILES string of the molecule is Cc1ccc(C(CNC(=O)Cc2ccc(Cl)cc2)N2CCOCC2)cc1. The van der Waals surface area contributed by atoms with Gasteiger partial charge in [-0.15, -0.1) is 0 Å². The molecule has 0 bridgehead atoms. The van der Waals surface area contributed by atoms with Crippen LogP contribution in [-0.4, -0.2) is 43.7 Å². The third kappa shape index (κ3) is 5.31. The van der Waals surface area contributed by atoms with Crippen molar-refractivity contribution in [3.05, 3.63) is 70.2 Å². The summed E-state index contributed by atoms with van der Waals surface area (Å²) >= 11 is 5.90. The minimum atomic E-state index is 0.0256. The van der Waals surface area contributed by atoms with Crippen molar-refractivity contribution >= 4 is 17.5 Å². The van der Waals surface area contributed by atoms with Crippen LogP contribution < -0.4 is 5.32 Å². The van der Waals surface area contributed by atoms with Crippen molar-refractivity contribution in [2.24, 2.45) is 0 Å². The first kappa shape index (κ1) is 18.9. The van der Waals surface area contributed by atoms with Gasteiger partial charge in [-0.05, 0) is 30.2 Å². The Labute approximate surface area is 160 Å². The van der Waals surface area contributed by atoms with Crippen LogP contribution in [0.15, 0.2) is 48.5 Å². The first-order valence-electron chi connectivity index (χ1n) is 9.01. The van der Waals surface area contributed by atoms with Crippen molar-refractivity contribution in [2.75, 3.05) is 32.8 Å². The molecule has 2 aromatic rings. The molecule has 1 aliphatic rings. The van der Waals surface area contributed by atoms with Gasteiger partial charge in [-0.2, -0.15) is 0 Å². The second-order valence-electron chi connectivity index (χ2n) is 6.68. The van der Waals surface area contributed by atoms with E-state index in [0.717, 1.165) is 31.9 Å². The van der Waals surface area contributed by atoms with E-state index >= 15 is 0 Å². The Kier molecular flexibility index (Phi) is 6.67. The van der Waals surface area contributed by atoms with E-state index in [0.29, 0.717) is 18.0 Å². The molecule has 5 heteroatoms. The van der Waals surface area contributed by atoms with Gasteiger partial charge in [0.25, 0.3) is 0 Å². The Morgan fingerprint density at radius 3 is 2.42 bits per heavy atom. The molecular weight excluding hydrogens is 348 g/mol. The number of halogens is 1. The summed E-state index contributed by atoms with van der Waals surface area (Å²) in [5, 5.41) is 3.78. The van der Waals surface area contributed by atoms with Gasteiger partial charge >= 0.3 is 0 Å². The maximum absolute atomic E-state index is 12.4. The number of amides is 1. The molecule has 0 saturated carbocycles. The lowest BCUT2D eigenvalue weighted by atomic mass is 10.0. The molecule has 0 aromatic heterocycles. The predicted octanol–water partition coefficient (Wildman–Crippen LogP) is 3.38. The molecule has 3 rings (SSSR count). The zero-order valence-electron chi connectivity index (χ0n) is 15.1. The number of benzene rings is 2. The Morgan fingerprint density at radius 2 is 1.77 bits per heavy atom. The van der Waals surface area contributed by atoms with Crippen molar-refractivity contribution in [2.45, 2.75) is 19.4 Å². The summed E-state index contributed by atoms with van der Waals surface area (Å²) in [6.07, 6.45) is 0.362. The highest BCUT2D eigenvalue weighted by Crippen LogP contribution is 2.22. The molecule has 2 aromatic carbocycles. The van der Waals surface area contributed by atoms with Gasteiger partial charge in [0.2, 0.25) is 5.91 Å². The van der Waals surface area contributed by atoms with Crippen molar-refractivity contribution in [3.63, 3.8) is 0 Å². The molecule has 1 unspecified atom stereocenters. The number of carbonyl (C=O) groups excluding carboxylic acids is 1. The number of morpholine rings is 1. The molecule has 1 saturated heterocycles. The van der Waals surface area contributed by atoms with E-state index in [2.05, 4.69) is 41.4 Å². The van der Waals surface area contributed by atoms with Crippen molar-refractivity contribution < 1.29 is 9.53 Å². The Morgan fingerprint density at radius 1 is 1.12 bits per heavy atom. The molecule has 4 nitrogen and oxygen atoms in total.